The number of esters is 1. The molecule has 1 amide bonds. The van der Waals surface area contributed by atoms with E-state index < -0.39 is 5.97 Å². The molecular formula is C25H19ClN2O4. The lowest BCUT2D eigenvalue weighted by Crippen LogP contribution is -2.07. The topological polar surface area (TPSA) is 77.0 Å². The van der Waals surface area contributed by atoms with Crippen molar-refractivity contribution in [3.8, 4) is 5.75 Å². The molecule has 3 aromatic rings. The molecule has 6 nitrogen and oxygen atoms in total. The van der Waals surface area contributed by atoms with Crippen molar-refractivity contribution < 1.29 is 19.1 Å². The van der Waals surface area contributed by atoms with Crippen LogP contribution < -0.4 is 10.1 Å². The molecule has 0 saturated carbocycles. The Morgan fingerprint density at radius 3 is 2.62 bits per heavy atom. The van der Waals surface area contributed by atoms with Crippen LogP contribution in [0.4, 0.5) is 5.69 Å². The lowest BCUT2D eigenvalue weighted by atomic mass is 10.2. The van der Waals surface area contributed by atoms with E-state index in [9.17, 15) is 9.59 Å². The highest BCUT2D eigenvalue weighted by molar-refractivity contribution is 6.31. The van der Waals surface area contributed by atoms with Gasteiger partial charge in [-0.15, -0.1) is 0 Å². The van der Waals surface area contributed by atoms with Gasteiger partial charge in [0.05, 0.1) is 0 Å². The van der Waals surface area contributed by atoms with Crippen LogP contribution in [0.2, 0.25) is 5.02 Å². The fraction of sp³-hybridized carbons (Fsp3) is 0.0800. The van der Waals surface area contributed by atoms with Gasteiger partial charge in [-0.3, -0.25) is 4.79 Å². The summed E-state index contributed by atoms with van der Waals surface area (Å²) in [4.78, 5) is 27.8. The smallest absolute Gasteiger partial charge is 0.363 e. The maximum Gasteiger partial charge on any atom is 0.363 e. The van der Waals surface area contributed by atoms with Crippen molar-refractivity contribution in [3.63, 3.8) is 0 Å². The molecule has 7 heteroatoms. The number of carbonyl (C=O) groups excluding carboxylic acids is 2. The Labute approximate surface area is 190 Å². The Balaban J connectivity index is 1.49. The predicted octanol–water partition coefficient (Wildman–Crippen LogP) is 5.22. The number of nitrogens with zero attached hydrogens (tertiary/aromatic N) is 1. The molecule has 1 aliphatic heterocycles. The van der Waals surface area contributed by atoms with Crippen molar-refractivity contribution in [2.45, 2.75) is 13.5 Å². The van der Waals surface area contributed by atoms with E-state index in [1.165, 1.54) is 6.92 Å². The maximum atomic E-state index is 12.3. The molecule has 0 fully saturated rings. The van der Waals surface area contributed by atoms with Gasteiger partial charge in [-0.05, 0) is 54.1 Å². The van der Waals surface area contributed by atoms with Crippen LogP contribution in [0.3, 0.4) is 0 Å². The third-order valence-corrected chi connectivity index (χ3v) is 4.96. The maximum absolute atomic E-state index is 12.3. The number of anilines is 1. The molecule has 0 spiro atoms. The van der Waals surface area contributed by atoms with Gasteiger partial charge in [-0.25, -0.2) is 9.79 Å². The van der Waals surface area contributed by atoms with Gasteiger partial charge in [-0.1, -0.05) is 41.9 Å². The van der Waals surface area contributed by atoms with Crippen LogP contribution in [0.5, 0.6) is 5.75 Å². The highest BCUT2D eigenvalue weighted by Gasteiger charge is 2.24. The average Bonchev–Trinajstić information content (AvgIpc) is 3.14. The second kappa shape index (κ2) is 9.49. The molecule has 160 valence electrons. The zero-order valence-corrected chi connectivity index (χ0v) is 17.9. The Hall–Kier alpha value is -3.90. The number of carbonyl (C=O) groups is 2. The minimum atomic E-state index is -0.534. The van der Waals surface area contributed by atoms with Crippen LogP contribution in [-0.4, -0.2) is 17.8 Å². The van der Waals surface area contributed by atoms with Gasteiger partial charge >= 0.3 is 5.97 Å². The van der Waals surface area contributed by atoms with E-state index >= 15 is 0 Å². The first-order valence-corrected chi connectivity index (χ1v) is 10.2. The lowest BCUT2D eigenvalue weighted by molar-refractivity contribution is -0.129. The first-order valence-electron chi connectivity index (χ1n) is 9.85. The largest absolute Gasteiger partial charge is 0.489 e. The highest BCUT2D eigenvalue weighted by Crippen LogP contribution is 2.23. The van der Waals surface area contributed by atoms with Crippen LogP contribution in [-0.2, 0) is 20.9 Å². The van der Waals surface area contributed by atoms with E-state index in [2.05, 4.69) is 10.3 Å². The average molecular weight is 447 g/mol. The zero-order chi connectivity index (χ0) is 22.5. The van der Waals surface area contributed by atoms with Crippen LogP contribution in [0.25, 0.3) is 6.08 Å². The Kier molecular flexibility index (Phi) is 6.33. The van der Waals surface area contributed by atoms with Crippen molar-refractivity contribution in [1.82, 2.24) is 0 Å². The molecule has 0 atom stereocenters. The van der Waals surface area contributed by atoms with Crippen molar-refractivity contribution in [3.05, 3.63) is 100 Å². The summed E-state index contributed by atoms with van der Waals surface area (Å²) in [6.45, 7) is 1.77. The third-order valence-electron chi connectivity index (χ3n) is 4.59. The number of aliphatic imine (C=N–C) groups is 1. The summed E-state index contributed by atoms with van der Waals surface area (Å²) < 4.78 is 11.1. The number of benzene rings is 3. The Bertz CT molecular complexity index is 1230. The molecule has 0 aromatic heterocycles. The fourth-order valence-corrected chi connectivity index (χ4v) is 3.25. The number of hydrogen-bond acceptors (Lipinski definition) is 5. The van der Waals surface area contributed by atoms with Crippen molar-refractivity contribution in [1.29, 1.82) is 0 Å². The van der Waals surface area contributed by atoms with Gasteiger partial charge in [-0.2, -0.15) is 0 Å². The van der Waals surface area contributed by atoms with E-state index in [1.54, 1.807) is 30.3 Å². The summed E-state index contributed by atoms with van der Waals surface area (Å²) in [6.07, 6.45) is 1.64. The number of rotatable bonds is 6. The number of nitrogens with one attached hydrogen (secondary N) is 1. The van der Waals surface area contributed by atoms with Crippen molar-refractivity contribution >= 4 is 41.1 Å². The Morgan fingerprint density at radius 1 is 1.09 bits per heavy atom. The molecule has 0 saturated heterocycles. The number of amides is 1. The fourth-order valence-electron chi connectivity index (χ4n) is 3.06. The van der Waals surface area contributed by atoms with Crippen molar-refractivity contribution in [2.24, 2.45) is 4.99 Å². The standard InChI is InChI=1S/C25H19ClN2O4/c1-16(29)27-20-11-9-18(10-12-20)24-28-23(25(30)32-24)14-17-5-4-7-21(13-17)31-15-19-6-2-3-8-22(19)26/h2-14H,15H2,1H3,(H,27,29)/b23-14-. The van der Waals surface area contributed by atoms with Crippen LogP contribution >= 0.6 is 11.6 Å². The quantitative estimate of drug-likeness (QED) is 0.416. The lowest BCUT2D eigenvalue weighted by Gasteiger charge is -2.08. The van der Waals surface area contributed by atoms with Gasteiger partial charge in [0, 0.05) is 28.8 Å². The second-order valence-electron chi connectivity index (χ2n) is 7.05. The van der Waals surface area contributed by atoms with E-state index in [1.807, 2.05) is 48.5 Å². The van der Waals surface area contributed by atoms with E-state index in [0.717, 1.165) is 11.1 Å². The molecule has 0 aliphatic carbocycles. The van der Waals surface area contributed by atoms with Crippen LogP contribution in [0.15, 0.2) is 83.5 Å². The first-order chi connectivity index (χ1) is 15.5. The minimum absolute atomic E-state index is 0.161. The molecule has 1 heterocycles. The summed E-state index contributed by atoms with van der Waals surface area (Å²) in [6, 6.07) is 21.7. The molecule has 3 aromatic carbocycles. The zero-order valence-electron chi connectivity index (χ0n) is 17.2. The van der Waals surface area contributed by atoms with Crippen LogP contribution in [0.1, 0.15) is 23.6 Å². The number of ether oxygens (including phenoxy) is 2. The molecule has 0 bridgehead atoms. The summed E-state index contributed by atoms with van der Waals surface area (Å²) in [5.74, 6) is 0.157. The molecule has 1 N–H and O–H groups in total. The highest BCUT2D eigenvalue weighted by atomic mass is 35.5. The predicted molar refractivity (Wildman–Crippen MR) is 124 cm³/mol. The molecule has 0 unspecified atom stereocenters. The van der Waals surface area contributed by atoms with Crippen molar-refractivity contribution in [2.75, 3.05) is 5.32 Å². The first kappa shape index (κ1) is 21.3. The molecule has 1 aliphatic rings. The van der Waals surface area contributed by atoms with Gasteiger partial charge in [0.25, 0.3) is 0 Å². The molecule has 4 rings (SSSR count). The summed E-state index contributed by atoms with van der Waals surface area (Å²) in [5, 5.41) is 3.33. The second-order valence-corrected chi connectivity index (χ2v) is 7.45. The van der Waals surface area contributed by atoms with Gasteiger partial charge in [0.2, 0.25) is 11.8 Å². The molecular weight excluding hydrogens is 428 g/mol. The van der Waals surface area contributed by atoms with E-state index in [-0.39, 0.29) is 17.5 Å². The summed E-state index contributed by atoms with van der Waals surface area (Å²) >= 11 is 6.17. The normalized spacial score (nSPS) is 14.1. The van der Waals surface area contributed by atoms with Gasteiger partial charge in [0.1, 0.15) is 12.4 Å². The third kappa shape index (κ3) is 5.22. The number of halogens is 1. The van der Waals surface area contributed by atoms with E-state index in [4.69, 9.17) is 21.1 Å². The SMILES string of the molecule is CC(=O)Nc1ccc(C2=N/C(=C\c3cccc(OCc4ccccc4Cl)c3)C(=O)O2)cc1. The van der Waals surface area contributed by atoms with E-state index in [0.29, 0.717) is 28.6 Å². The Morgan fingerprint density at radius 2 is 1.88 bits per heavy atom. The van der Waals surface area contributed by atoms with Crippen LogP contribution in [0, 0.1) is 0 Å². The summed E-state index contributed by atoms with van der Waals surface area (Å²) in [7, 11) is 0. The minimum Gasteiger partial charge on any atom is -0.489 e. The van der Waals surface area contributed by atoms with Gasteiger partial charge in [0.15, 0.2) is 5.70 Å². The molecule has 0 radical (unpaired) electrons. The van der Waals surface area contributed by atoms with Gasteiger partial charge < -0.3 is 14.8 Å². The summed E-state index contributed by atoms with van der Waals surface area (Å²) in [5.41, 5.74) is 3.10. The monoisotopic (exact) mass is 446 g/mol. The number of cyclic esters (lactones) is 1. The number of hydrogen-bond donors (Lipinski definition) is 1. The molecule has 32 heavy (non-hydrogen) atoms.